The van der Waals surface area contributed by atoms with E-state index in [4.69, 9.17) is 14.7 Å². The van der Waals surface area contributed by atoms with Gasteiger partial charge in [-0.05, 0) is 6.07 Å². The van der Waals surface area contributed by atoms with Gasteiger partial charge in [0.05, 0.1) is 0 Å². The number of nitrogens with one attached hydrogen (secondary N) is 1. The van der Waals surface area contributed by atoms with E-state index in [-0.39, 0.29) is 31.3 Å². The van der Waals surface area contributed by atoms with E-state index in [2.05, 4.69) is 0 Å². The molecule has 7 heteroatoms. The van der Waals surface area contributed by atoms with Crippen molar-refractivity contribution >= 4 is 0 Å². The summed E-state index contributed by atoms with van der Waals surface area (Å²) in [5, 5.41) is 8.58. The van der Waals surface area contributed by atoms with Gasteiger partial charge in [0.2, 0.25) is 0 Å². The summed E-state index contributed by atoms with van der Waals surface area (Å²) in [7, 11) is 0. The van der Waals surface area contributed by atoms with Crippen LogP contribution in [0.2, 0.25) is 0 Å². The number of hydroxylamine groups is 1. The lowest BCUT2D eigenvalue weighted by molar-refractivity contribution is -0.139. The second-order valence-electron chi connectivity index (χ2n) is 3.46. The molecule has 0 saturated heterocycles. The molecule has 1 aromatic carbocycles. The van der Waals surface area contributed by atoms with E-state index in [0.29, 0.717) is 5.56 Å². The summed E-state index contributed by atoms with van der Waals surface area (Å²) in [4.78, 5) is 0. The lowest BCUT2D eigenvalue weighted by atomic mass is 10.1. The van der Waals surface area contributed by atoms with Gasteiger partial charge in [0.25, 0.3) is 0 Å². The highest BCUT2D eigenvalue weighted by molar-refractivity contribution is 5.53. The summed E-state index contributed by atoms with van der Waals surface area (Å²) < 4.78 is 48.3. The van der Waals surface area contributed by atoms with E-state index in [0.717, 1.165) is 6.07 Å². The average molecular weight is 249 g/mol. The van der Waals surface area contributed by atoms with Gasteiger partial charge in [-0.2, -0.15) is 13.2 Å². The standard InChI is InChI=1S/C10H10F3NO3/c11-10(12,13)7-2-1-6(5-14-15)8-9(7)17-4-3-16-8/h1-2,14-15H,3-5H2. The maximum Gasteiger partial charge on any atom is 0.420 e. The fourth-order valence-electron chi connectivity index (χ4n) is 1.64. The van der Waals surface area contributed by atoms with Crippen LogP contribution in [0.5, 0.6) is 11.5 Å². The first kappa shape index (κ1) is 12.0. The molecule has 1 aromatic rings. The molecule has 0 radical (unpaired) electrons. The maximum absolute atomic E-state index is 12.7. The van der Waals surface area contributed by atoms with E-state index in [1.807, 2.05) is 5.48 Å². The summed E-state index contributed by atoms with van der Waals surface area (Å²) in [6, 6.07) is 2.17. The molecule has 2 N–H and O–H groups in total. The van der Waals surface area contributed by atoms with Gasteiger partial charge in [-0.15, -0.1) is 0 Å². The lowest BCUT2D eigenvalue weighted by Gasteiger charge is -2.24. The van der Waals surface area contributed by atoms with Crippen molar-refractivity contribution in [2.75, 3.05) is 13.2 Å². The Balaban J connectivity index is 2.51. The molecule has 0 spiro atoms. The van der Waals surface area contributed by atoms with Crippen molar-refractivity contribution in [3.05, 3.63) is 23.3 Å². The monoisotopic (exact) mass is 249 g/mol. The van der Waals surface area contributed by atoms with Crippen molar-refractivity contribution in [2.45, 2.75) is 12.7 Å². The number of hydrogen-bond acceptors (Lipinski definition) is 4. The predicted octanol–water partition coefficient (Wildman–Crippen LogP) is 1.96. The minimum absolute atomic E-state index is 0.0101. The Kier molecular flexibility index (Phi) is 3.12. The molecule has 4 nitrogen and oxygen atoms in total. The third-order valence-corrected chi connectivity index (χ3v) is 2.34. The van der Waals surface area contributed by atoms with E-state index in [1.165, 1.54) is 6.07 Å². The molecular weight excluding hydrogens is 239 g/mol. The van der Waals surface area contributed by atoms with Gasteiger partial charge in [0, 0.05) is 12.1 Å². The Morgan fingerprint density at radius 2 is 1.82 bits per heavy atom. The van der Waals surface area contributed by atoms with Crippen LogP contribution in [0.15, 0.2) is 12.1 Å². The number of benzene rings is 1. The SMILES string of the molecule is ONCc1ccc(C(F)(F)F)c2c1OCCO2. The molecule has 0 amide bonds. The van der Waals surface area contributed by atoms with Crippen LogP contribution in [0, 0.1) is 0 Å². The van der Waals surface area contributed by atoms with Crippen molar-refractivity contribution in [3.8, 4) is 11.5 Å². The van der Waals surface area contributed by atoms with Crippen LogP contribution in [0.1, 0.15) is 11.1 Å². The summed E-state index contributed by atoms with van der Waals surface area (Å²) in [6.07, 6.45) is -4.49. The Bertz CT molecular complexity index is 420. The zero-order chi connectivity index (χ0) is 12.5. The maximum atomic E-state index is 12.7. The number of hydrogen-bond donors (Lipinski definition) is 2. The normalized spacial score (nSPS) is 14.8. The molecule has 1 aliphatic heterocycles. The van der Waals surface area contributed by atoms with E-state index < -0.39 is 11.7 Å². The largest absolute Gasteiger partial charge is 0.486 e. The minimum Gasteiger partial charge on any atom is -0.486 e. The first-order chi connectivity index (χ1) is 8.04. The van der Waals surface area contributed by atoms with Crippen molar-refractivity contribution in [3.63, 3.8) is 0 Å². The van der Waals surface area contributed by atoms with Gasteiger partial charge in [-0.3, -0.25) is 0 Å². The van der Waals surface area contributed by atoms with E-state index >= 15 is 0 Å². The van der Waals surface area contributed by atoms with Crippen molar-refractivity contribution < 1.29 is 27.9 Å². The first-order valence-electron chi connectivity index (χ1n) is 4.89. The quantitative estimate of drug-likeness (QED) is 0.786. The average Bonchev–Trinajstić information content (AvgIpc) is 2.28. The zero-order valence-electron chi connectivity index (χ0n) is 8.67. The molecule has 0 aliphatic carbocycles. The van der Waals surface area contributed by atoms with Gasteiger partial charge in [-0.1, -0.05) is 6.07 Å². The molecule has 0 saturated carbocycles. The predicted molar refractivity (Wildman–Crippen MR) is 51.1 cm³/mol. The summed E-state index contributed by atoms with van der Waals surface area (Å²) in [5.74, 6) is -0.274. The zero-order valence-corrected chi connectivity index (χ0v) is 8.67. The highest BCUT2D eigenvalue weighted by Gasteiger charge is 2.37. The highest BCUT2D eigenvalue weighted by Crippen LogP contribution is 2.44. The second-order valence-corrected chi connectivity index (χ2v) is 3.46. The second kappa shape index (κ2) is 4.42. The van der Waals surface area contributed by atoms with Gasteiger partial charge in [0.1, 0.15) is 18.8 Å². The number of ether oxygens (including phenoxy) is 2. The molecule has 0 fully saturated rings. The van der Waals surface area contributed by atoms with Crippen LogP contribution >= 0.6 is 0 Å². The van der Waals surface area contributed by atoms with E-state index in [9.17, 15) is 13.2 Å². The number of halogens is 3. The molecule has 17 heavy (non-hydrogen) atoms. The third kappa shape index (κ3) is 2.29. The van der Waals surface area contributed by atoms with Crippen LogP contribution in [0.3, 0.4) is 0 Å². The first-order valence-corrected chi connectivity index (χ1v) is 4.89. The molecule has 0 unspecified atom stereocenters. The number of rotatable bonds is 2. The van der Waals surface area contributed by atoms with Gasteiger partial charge in [-0.25, -0.2) is 5.48 Å². The van der Waals surface area contributed by atoms with Crippen molar-refractivity contribution in [1.82, 2.24) is 5.48 Å². The Morgan fingerprint density at radius 1 is 1.18 bits per heavy atom. The van der Waals surface area contributed by atoms with Crippen LogP contribution in [0.4, 0.5) is 13.2 Å². The molecule has 94 valence electrons. The Hall–Kier alpha value is -1.47. The summed E-state index contributed by atoms with van der Waals surface area (Å²) in [5.41, 5.74) is 1.42. The fourth-order valence-corrected chi connectivity index (χ4v) is 1.64. The van der Waals surface area contributed by atoms with E-state index in [1.54, 1.807) is 0 Å². The molecule has 0 aromatic heterocycles. The molecule has 2 rings (SSSR count). The lowest BCUT2D eigenvalue weighted by Crippen LogP contribution is -2.21. The third-order valence-electron chi connectivity index (χ3n) is 2.34. The Labute approximate surface area is 94.9 Å². The molecule has 0 bridgehead atoms. The van der Waals surface area contributed by atoms with Crippen molar-refractivity contribution in [1.29, 1.82) is 0 Å². The van der Waals surface area contributed by atoms with Crippen LogP contribution in [-0.2, 0) is 12.7 Å². The number of alkyl halides is 3. The smallest absolute Gasteiger partial charge is 0.420 e. The molecule has 1 heterocycles. The fraction of sp³-hybridized carbons (Fsp3) is 0.400. The van der Waals surface area contributed by atoms with Gasteiger partial charge < -0.3 is 14.7 Å². The summed E-state index contributed by atoms with van der Waals surface area (Å²) in [6.45, 7) is 0.253. The van der Waals surface area contributed by atoms with Crippen LogP contribution in [0.25, 0.3) is 0 Å². The van der Waals surface area contributed by atoms with Crippen molar-refractivity contribution in [2.24, 2.45) is 0 Å². The topological polar surface area (TPSA) is 50.7 Å². The molecule has 1 aliphatic rings. The molecule has 0 atom stereocenters. The van der Waals surface area contributed by atoms with Crippen LogP contribution in [-0.4, -0.2) is 18.4 Å². The molecular formula is C10H10F3NO3. The number of fused-ring (bicyclic) bond motifs is 1. The van der Waals surface area contributed by atoms with Gasteiger partial charge in [0.15, 0.2) is 11.5 Å². The van der Waals surface area contributed by atoms with Gasteiger partial charge >= 0.3 is 6.18 Å². The Morgan fingerprint density at radius 3 is 2.41 bits per heavy atom. The van der Waals surface area contributed by atoms with Crippen LogP contribution < -0.4 is 15.0 Å². The summed E-state index contributed by atoms with van der Waals surface area (Å²) >= 11 is 0. The minimum atomic E-state index is -4.49. The highest BCUT2D eigenvalue weighted by atomic mass is 19.4.